The van der Waals surface area contributed by atoms with Crippen LogP contribution < -0.4 is 34.3 Å². The van der Waals surface area contributed by atoms with Crippen LogP contribution in [0.25, 0.3) is 23.3 Å². The second kappa shape index (κ2) is 36.4. The van der Waals surface area contributed by atoms with Crippen molar-refractivity contribution in [1.29, 1.82) is 0 Å². The Morgan fingerprint density at radius 2 is 0.946 bits per heavy atom. The first-order valence-corrected chi connectivity index (χ1v) is 43.5. The van der Waals surface area contributed by atoms with Gasteiger partial charge in [0.2, 0.25) is 26.0 Å². The lowest BCUT2D eigenvalue weighted by atomic mass is 9.90. The Kier molecular flexibility index (Phi) is 26.9. The molecule has 0 radical (unpaired) electrons. The topological polar surface area (TPSA) is 276 Å². The van der Waals surface area contributed by atoms with Gasteiger partial charge in [0.05, 0.1) is 41.8 Å². The highest BCUT2D eigenvalue weighted by atomic mass is 32.2. The highest BCUT2D eigenvalue weighted by Gasteiger charge is 2.26. The monoisotopic (exact) mass is 1580 g/mol. The Morgan fingerprint density at radius 3 is 1.46 bits per heavy atom. The van der Waals surface area contributed by atoms with Gasteiger partial charge in [0.1, 0.15) is 49.1 Å². The number of hydrogen-bond donors (Lipinski definition) is 2. The molecule has 0 atom stereocenters. The van der Waals surface area contributed by atoms with Gasteiger partial charge in [-0.05, 0) is 236 Å². The standard InChI is InChI=1S/C37H32O4S.C37H34O4S.C15H28N6O5S2/c1-23-9-7-10-24(2)32(23)19-27-15-17-29-34(21-27)41-35-22-28(20-33-25(3)11-8-12-26(33)4)16-18-30(35)37(29)31-13-5-6-14-36(31)42(38,39)40;1-25-10-7-11-26(2)34(25)22-29-14-9-16-31(33-15-5-6-17-37(33)42(38,39)40)32-19-18-30(24-36(32)41-21-20-29)23-35-27(3)12-8-13-28(35)4;1-27(22,23)16-7-3-5-13-18-14(6-4-8-17-28(2,24)25)20-15(19-13)21-9-11-26-12-10-21/h5-19,21-22H,20H2,1-4H3,(H,38,39,40);5-22,24H,23H2,1-4H3,(H,38,39,40);16-17H,3-12H2,1-2H3/p-2/b27-19+;14-9-,21-20?,29-22+,31-16-;. The molecule has 23 heteroatoms. The number of sulfonamides is 2. The van der Waals surface area contributed by atoms with Crippen LogP contribution in [0.2, 0.25) is 0 Å². The summed E-state index contributed by atoms with van der Waals surface area (Å²) in [5.41, 5.74) is 20.8. The van der Waals surface area contributed by atoms with Crippen LogP contribution in [-0.2, 0) is 70.7 Å². The second-order valence-electron chi connectivity index (χ2n) is 28.3. The first-order valence-electron chi connectivity index (χ1n) is 36.9. The number of aryl methyl sites for hydroxylation is 10. The van der Waals surface area contributed by atoms with Gasteiger partial charge in [-0.2, -0.15) is 9.97 Å². The van der Waals surface area contributed by atoms with E-state index in [2.05, 4.69) is 159 Å². The maximum atomic E-state index is 12.4. The summed E-state index contributed by atoms with van der Waals surface area (Å²) in [4.78, 5) is 15.0. The largest absolute Gasteiger partial charge is 0.744 e. The summed E-state index contributed by atoms with van der Waals surface area (Å²) in [6, 6.07) is 55.7. The molecule has 1 aromatic heterocycles. The van der Waals surface area contributed by atoms with Crippen molar-refractivity contribution in [3.63, 3.8) is 0 Å². The van der Waals surface area contributed by atoms with E-state index in [9.17, 15) is 42.8 Å². The van der Waals surface area contributed by atoms with Crippen LogP contribution in [0, 0.1) is 55.4 Å². The molecule has 19 nitrogen and oxygen atoms in total. The van der Waals surface area contributed by atoms with Gasteiger partial charge < -0.3 is 28.2 Å². The molecular weight excluding hydrogens is 1490 g/mol. The van der Waals surface area contributed by atoms with E-state index in [1.807, 2.05) is 89.9 Å². The fraction of sp³-hybridized carbons (Fsp3) is 0.247. The van der Waals surface area contributed by atoms with Crippen LogP contribution in [0.15, 0.2) is 222 Å². The molecule has 1 fully saturated rings. The van der Waals surface area contributed by atoms with E-state index in [1.54, 1.807) is 42.7 Å². The van der Waals surface area contributed by atoms with Crippen LogP contribution in [-0.4, -0.2) is 110 Å². The number of anilines is 1. The first-order chi connectivity index (χ1) is 53.3. The van der Waals surface area contributed by atoms with E-state index >= 15 is 0 Å². The van der Waals surface area contributed by atoms with Crippen LogP contribution in [0.4, 0.5) is 5.95 Å². The van der Waals surface area contributed by atoms with Crippen LogP contribution in [0.3, 0.4) is 0 Å². The zero-order valence-corrected chi connectivity index (χ0v) is 67.8. The minimum atomic E-state index is -4.72. The Bertz CT molecular complexity index is 5810. The summed E-state index contributed by atoms with van der Waals surface area (Å²) < 4.78 is 142. The molecule has 0 amide bonds. The molecular formula is C89H92N6O13S4-2. The van der Waals surface area contributed by atoms with Gasteiger partial charge in [0.25, 0.3) is 0 Å². The first kappa shape index (κ1) is 82.6. The number of fused-ring (bicyclic) bond motifs is 3. The second-order valence-corrected chi connectivity index (χ2v) is 34.6. The number of rotatable bonds is 21. The highest BCUT2D eigenvalue weighted by molar-refractivity contribution is 7.89. The number of nitrogens with zero attached hydrogens (tertiary/aromatic N) is 4. The van der Waals surface area contributed by atoms with Crippen molar-refractivity contribution in [1.82, 2.24) is 24.4 Å². The Hall–Kier alpha value is -10.3. The predicted molar refractivity (Wildman–Crippen MR) is 441 cm³/mol. The Labute approximate surface area is 658 Å². The van der Waals surface area contributed by atoms with Crippen molar-refractivity contribution in [2.45, 2.75) is 104 Å². The van der Waals surface area contributed by atoms with Gasteiger partial charge in [-0.3, -0.25) is 0 Å². The molecule has 2 N–H and O–H groups in total. The van der Waals surface area contributed by atoms with Gasteiger partial charge in [0.15, 0.2) is 0 Å². The zero-order chi connectivity index (χ0) is 80.1. The van der Waals surface area contributed by atoms with Crippen molar-refractivity contribution in [2.24, 2.45) is 0 Å². The molecule has 3 aliphatic heterocycles. The lowest BCUT2D eigenvalue weighted by molar-refractivity contribution is 0.122. The lowest BCUT2D eigenvalue weighted by Crippen LogP contribution is -2.37. The molecule has 582 valence electrons. The SMILES string of the molecule is CS(=O)(=O)NCCCc1nc(CCCNS(C)(=O)=O)nc(N2CCOCC2)n1.Cc1cccc(C)c1/C=c1\ccc2c(c1)Oc1cc(Cc3c(C)cccc3C)ccc1C=2c1ccccc1S(=O)(=O)[O-].Cc1cccc(C)c1\C=C1C=COc2cc(Cc3c(C)cccc3C)ccc2/C(c2ccccc2S(=O)(=O)[O-])=C/C=C\1. The van der Waals surface area contributed by atoms with Crippen molar-refractivity contribution in [3.8, 4) is 17.2 Å². The molecule has 0 saturated carbocycles. The van der Waals surface area contributed by atoms with E-state index in [-0.39, 0.29) is 9.79 Å². The quantitative estimate of drug-likeness (QED) is 0.0499. The van der Waals surface area contributed by atoms with E-state index < -0.39 is 40.3 Å². The van der Waals surface area contributed by atoms with Gasteiger partial charge in [-0.1, -0.05) is 158 Å². The van der Waals surface area contributed by atoms with Gasteiger partial charge in [0, 0.05) is 66.5 Å². The lowest BCUT2D eigenvalue weighted by Gasteiger charge is -2.27. The molecule has 0 unspecified atom stereocenters. The molecule has 1 saturated heterocycles. The molecule has 9 aromatic carbocycles. The third-order valence-electron chi connectivity index (χ3n) is 19.7. The molecule has 3 aliphatic rings. The average molecular weight is 1580 g/mol. The maximum absolute atomic E-state index is 12.4. The number of allylic oxidation sites excluding steroid dienone is 5. The summed E-state index contributed by atoms with van der Waals surface area (Å²) in [5.74, 6) is 3.58. The normalized spacial score (nSPS) is 14.9. The van der Waals surface area contributed by atoms with Gasteiger partial charge in [-0.15, -0.1) is 0 Å². The van der Waals surface area contributed by atoms with Crippen molar-refractivity contribution in [2.75, 3.05) is 56.8 Å². The maximum Gasteiger partial charge on any atom is 0.229 e. The molecule has 0 spiro atoms. The Morgan fingerprint density at radius 1 is 0.473 bits per heavy atom. The van der Waals surface area contributed by atoms with E-state index in [0.29, 0.717) is 128 Å². The third-order valence-corrected chi connectivity index (χ3v) is 22.9. The van der Waals surface area contributed by atoms with E-state index in [0.717, 1.165) is 80.3 Å². The van der Waals surface area contributed by atoms with Crippen molar-refractivity contribution >= 4 is 69.5 Å². The number of aromatic nitrogens is 3. The molecule has 4 heterocycles. The smallest absolute Gasteiger partial charge is 0.229 e. The highest BCUT2D eigenvalue weighted by Crippen LogP contribution is 2.41. The van der Waals surface area contributed by atoms with Gasteiger partial charge in [-0.25, -0.2) is 48.1 Å². The predicted octanol–water partition coefficient (Wildman–Crippen LogP) is 13.7. The minimum absolute atomic E-state index is 0.246. The number of benzene rings is 9. The number of ether oxygens (including phenoxy) is 3. The van der Waals surface area contributed by atoms with Crippen molar-refractivity contribution in [3.05, 3.63) is 334 Å². The van der Waals surface area contributed by atoms with Crippen LogP contribution in [0.5, 0.6) is 17.2 Å². The zero-order valence-electron chi connectivity index (χ0n) is 64.5. The molecule has 10 aromatic rings. The third kappa shape index (κ3) is 21.9. The number of morpholine rings is 1. The molecule has 0 aliphatic carbocycles. The molecule has 0 bridgehead atoms. The van der Waals surface area contributed by atoms with Crippen LogP contribution >= 0.6 is 0 Å². The summed E-state index contributed by atoms with van der Waals surface area (Å²) in [7, 11) is -15.9. The van der Waals surface area contributed by atoms with E-state index in [1.165, 1.54) is 56.6 Å². The Balaban J connectivity index is 0.000000170. The average Bonchev–Trinajstić information content (AvgIpc) is 0.737. The molecule has 112 heavy (non-hydrogen) atoms. The number of hydrogen-bond acceptors (Lipinski definition) is 17. The summed E-state index contributed by atoms with van der Waals surface area (Å²) in [6.45, 7) is 20.0. The minimum Gasteiger partial charge on any atom is -0.744 e. The van der Waals surface area contributed by atoms with Crippen molar-refractivity contribution < 1.29 is 57.0 Å². The summed E-state index contributed by atoms with van der Waals surface area (Å²) >= 11 is 0. The van der Waals surface area contributed by atoms with Crippen LogP contribution in [0.1, 0.15) is 125 Å². The van der Waals surface area contributed by atoms with E-state index in [4.69, 9.17) is 14.2 Å². The van der Waals surface area contributed by atoms with Gasteiger partial charge >= 0.3 is 0 Å². The molecule has 13 rings (SSSR count). The number of nitrogens with one attached hydrogen (secondary N) is 2. The fourth-order valence-electron chi connectivity index (χ4n) is 13.9. The fourth-order valence-corrected chi connectivity index (χ4v) is 16.3. The summed E-state index contributed by atoms with van der Waals surface area (Å²) in [5, 5.41) is 1.70. The summed E-state index contributed by atoms with van der Waals surface area (Å²) in [6.07, 6.45) is 19.3.